The van der Waals surface area contributed by atoms with Crippen molar-refractivity contribution >= 4 is 27.5 Å². The topological polar surface area (TPSA) is 145 Å². The molecule has 9 nitrogen and oxygen atoms in total. The van der Waals surface area contributed by atoms with Crippen LogP contribution in [0, 0.1) is 11.8 Å². The van der Waals surface area contributed by atoms with Gasteiger partial charge in [-0.05, 0) is 53.8 Å². The second-order valence-corrected chi connectivity index (χ2v) is 12.5. The average Bonchev–Trinajstić information content (AvgIpc) is 3.27. The first-order valence-electron chi connectivity index (χ1n) is 13.7. The third kappa shape index (κ3) is 8.01. The number of aliphatic hydroxyl groups excluding tert-OH is 2. The van der Waals surface area contributed by atoms with Gasteiger partial charge in [0.15, 0.2) is 0 Å². The zero-order valence-electron chi connectivity index (χ0n) is 23.2. The average molecular weight is 580 g/mol. The first-order valence-corrected chi connectivity index (χ1v) is 15.2. The standard InChI is InChI=1S/C31H37N3O6S/c1-20(2)30(37)33-24-12-14-26(15-13-24)41(39,40)32-19-25(35)17-23(16-21-8-4-3-5-9-21)31(38)34-29-27-11-7-6-10-22(27)18-28(29)36/h3-15,20,23,25,28-29,32,35-36H,16-19H2,1-2H3,(H,33,37)(H,34,38)/t23-,25+,28-,29+/m1/s1. The molecule has 1 aliphatic rings. The number of rotatable bonds is 12. The fraction of sp³-hybridized carbons (Fsp3) is 0.355. The minimum atomic E-state index is -3.95. The van der Waals surface area contributed by atoms with Crippen molar-refractivity contribution < 1.29 is 28.2 Å². The molecule has 3 aromatic rings. The molecule has 3 aromatic carbocycles. The summed E-state index contributed by atoms with van der Waals surface area (Å²) in [5.74, 6) is -1.38. The molecule has 0 aromatic heterocycles. The number of carbonyl (C=O) groups excluding carboxylic acids is 2. The van der Waals surface area contributed by atoms with Crippen LogP contribution in [0.5, 0.6) is 0 Å². The third-order valence-electron chi connectivity index (χ3n) is 7.22. The van der Waals surface area contributed by atoms with Gasteiger partial charge in [-0.1, -0.05) is 68.4 Å². The molecule has 0 saturated carbocycles. The normalized spacial score (nSPS) is 18.0. The Kier molecular flexibility index (Phi) is 9.93. The van der Waals surface area contributed by atoms with E-state index in [0.29, 0.717) is 18.5 Å². The van der Waals surface area contributed by atoms with Crippen molar-refractivity contribution in [3.8, 4) is 0 Å². The Morgan fingerprint density at radius 2 is 1.59 bits per heavy atom. The Morgan fingerprint density at radius 3 is 2.27 bits per heavy atom. The Labute approximate surface area is 241 Å². The van der Waals surface area contributed by atoms with Gasteiger partial charge in [0.2, 0.25) is 21.8 Å². The highest BCUT2D eigenvalue weighted by Crippen LogP contribution is 2.32. The summed E-state index contributed by atoms with van der Waals surface area (Å²) in [4.78, 5) is 25.3. The monoisotopic (exact) mass is 579 g/mol. The number of nitrogens with one attached hydrogen (secondary N) is 3. The largest absolute Gasteiger partial charge is 0.392 e. The number of carbonyl (C=O) groups is 2. The van der Waals surface area contributed by atoms with E-state index in [2.05, 4.69) is 15.4 Å². The van der Waals surface area contributed by atoms with E-state index in [1.54, 1.807) is 13.8 Å². The van der Waals surface area contributed by atoms with E-state index in [-0.39, 0.29) is 35.6 Å². The lowest BCUT2D eigenvalue weighted by Crippen LogP contribution is -2.41. The zero-order chi connectivity index (χ0) is 29.6. The van der Waals surface area contributed by atoms with Gasteiger partial charge in [0, 0.05) is 30.5 Å². The van der Waals surface area contributed by atoms with Crippen molar-refractivity contribution in [2.24, 2.45) is 11.8 Å². The van der Waals surface area contributed by atoms with Crippen molar-refractivity contribution in [2.75, 3.05) is 11.9 Å². The van der Waals surface area contributed by atoms with E-state index in [1.165, 1.54) is 24.3 Å². The quantitative estimate of drug-likeness (QED) is 0.223. The van der Waals surface area contributed by atoms with Crippen molar-refractivity contribution in [1.29, 1.82) is 0 Å². The first kappa shape index (κ1) is 30.4. The molecular formula is C31H37N3O6S. The molecule has 0 saturated heterocycles. The van der Waals surface area contributed by atoms with Crippen LogP contribution in [0.4, 0.5) is 5.69 Å². The number of benzene rings is 3. The summed E-state index contributed by atoms with van der Waals surface area (Å²) in [7, 11) is -3.95. The van der Waals surface area contributed by atoms with E-state index >= 15 is 0 Å². The van der Waals surface area contributed by atoms with E-state index in [9.17, 15) is 28.2 Å². The lowest BCUT2D eigenvalue weighted by atomic mass is 9.92. The molecule has 218 valence electrons. The highest BCUT2D eigenvalue weighted by atomic mass is 32.2. The van der Waals surface area contributed by atoms with Gasteiger partial charge in [0.25, 0.3) is 0 Å². The summed E-state index contributed by atoms with van der Waals surface area (Å²) in [5, 5.41) is 27.1. The molecule has 2 amide bonds. The number of hydrogen-bond donors (Lipinski definition) is 5. The van der Waals surface area contributed by atoms with Crippen molar-refractivity contribution in [1.82, 2.24) is 10.0 Å². The van der Waals surface area contributed by atoms with E-state index in [4.69, 9.17) is 0 Å². The molecular weight excluding hydrogens is 542 g/mol. The van der Waals surface area contributed by atoms with E-state index in [1.807, 2.05) is 54.6 Å². The maximum atomic E-state index is 13.5. The van der Waals surface area contributed by atoms with Gasteiger partial charge < -0.3 is 20.8 Å². The molecule has 4 atom stereocenters. The number of sulfonamides is 1. The molecule has 0 heterocycles. The maximum Gasteiger partial charge on any atom is 0.240 e. The molecule has 1 aliphatic carbocycles. The number of aliphatic hydroxyl groups is 2. The van der Waals surface area contributed by atoms with Crippen LogP contribution in [-0.4, -0.2) is 49.2 Å². The Morgan fingerprint density at radius 1 is 0.927 bits per heavy atom. The summed E-state index contributed by atoms with van der Waals surface area (Å²) < 4.78 is 28.1. The van der Waals surface area contributed by atoms with Gasteiger partial charge in [-0.25, -0.2) is 13.1 Å². The Bertz CT molecular complexity index is 1440. The smallest absolute Gasteiger partial charge is 0.240 e. The zero-order valence-corrected chi connectivity index (χ0v) is 24.0. The van der Waals surface area contributed by atoms with E-state index in [0.717, 1.165) is 16.7 Å². The van der Waals surface area contributed by atoms with Crippen molar-refractivity contribution in [3.05, 3.63) is 95.6 Å². The molecule has 0 radical (unpaired) electrons. The molecule has 0 bridgehead atoms. The Hall–Kier alpha value is -3.57. The minimum Gasteiger partial charge on any atom is -0.392 e. The second-order valence-electron chi connectivity index (χ2n) is 10.8. The number of amides is 2. The maximum absolute atomic E-state index is 13.5. The molecule has 0 aliphatic heterocycles. The number of anilines is 1. The second kappa shape index (κ2) is 13.4. The SMILES string of the molecule is CC(C)C(=O)Nc1ccc(S(=O)(=O)NC[C@@H](O)C[C@@H](Cc2ccccc2)C(=O)N[C@H]2c3ccccc3C[C@H]2O)cc1. The van der Waals surface area contributed by atoms with Gasteiger partial charge in [-0.3, -0.25) is 9.59 Å². The molecule has 10 heteroatoms. The van der Waals surface area contributed by atoms with Crippen LogP contribution in [0.3, 0.4) is 0 Å². The van der Waals surface area contributed by atoms with Gasteiger partial charge in [-0.2, -0.15) is 0 Å². The highest BCUT2D eigenvalue weighted by Gasteiger charge is 2.34. The van der Waals surface area contributed by atoms with Crippen LogP contribution in [0.25, 0.3) is 0 Å². The fourth-order valence-corrected chi connectivity index (χ4v) is 5.98. The molecule has 41 heavy (non-hydrogen) atoms. The summed E-state index contributed by atoms with van der Waals surface area (Å²) in [6, 6.07) is 22.2. The minimum absolute atomic E-state index is 0.00782. The lowest BCUT2D eigenvalue weighted by molar-refractivity contribution is -0.127. The molecule has 0 fully saturated rings. The van der Waals surface area contributed by atoms with Crippen molar-refractivity contribution in [2.45, 2.75) is 56.3 Å². The van der Waals surface area contributed by atoms with Crippen LogP contribution in [0.15, 0.2) is 83.8 Å². The predicted octanol–water partition coefficient (Wildman–Crippen LogP) is 2.94. The van der Waals surface area contributed by atoms with Crippen LogP contribution in [-0.2, 0) is 32.5 Å². The summed E-state index contributed by atoms with van der Waals surface area (Å²) in [6.45, 7) is 3.23. The van der Waals surface area contributed by atoms with Gasteiger partial charge in [-0.15, -0.1) is 0 Å². The van der Waals surface area contributed by atoms with Crippen LogP contribution in [0.1, 0.15) is 43.0 Å². The van der Waals surface area contributed by atoms with Gasteiger partial charge in [0.1, 0.15) is 0 Å². The van der Waals surface area contributed by atoms with Gasteiger partial charge >= 0.3 is 0 Å². The summed E-state index contributed by atoms with van der Waals surface area (Å²) in [6.07, 6.45) is -1.11. The summed E-state index contributed by atoms with van der Waals surface area (Å²) in [5.41, 5.74) is 3.23. The summed E-state index contributed by atoms with van der Waals surface area (Å²) >= 11 is 0. The van der Waals surface area contributed by atoms with Gasteiger partial charge in [0.05, 0.1) is 23.1 Å². The van der Waals surface area contributed by atoms with E-state index < -0.39 is 34.2 Å². The van der Waals surface area contributed by atoms with Crippen LogP contribution >= 0.6 is 0 Å². The van der Waals surface area contributed by atoms with Crippen LogP contribution in [0.2, 0.25) is 0 Å². The fourth-order valence-electron chi connectivity index (χ4n) is 4.91. The number of fused-ring (bicyclic) bond motifs is 1. The Balaban J connectivity index is 1.40. The molecule has 0 unspecified atom stereocenters. The molecule has 0 spiro atoms. The third-order valence-corrected chi connectivity index (χ3v) is 8.66. The molecule has 5 N–H and O–H groups in total. The first-order chi connectivity index (χ1) is 19.5. The number of hydrogen-bond acceptors (Lipinski definition) is 6. The van der Waals surface area contributed by atoms with Crippen molar-refractivity contribution in [3.63, 3.8) is 0 Å². The van der Waals surface area contributed by atoms with Crippen LogP contribution < -0.4 is 15.4 Å². The predicted molar refractivity (Wildman–Crippen MR) is 156 cm³/mol. The molecule has 4 rings (SSSR count). The highest BCUT2D eigenvalue weighted by molar-refractivity contribution is 7.89. The lowest BCUT2D eigenvalue weighted by Gasteiger charge is -2.24.